The van der Waals surface area contributed by atoms with Crippen molar-refractivity contribution >= 4 is 15.7 Å². The lowest BCUT2D eigenvalue weighted by Crippen LogP contribution is -2.41. The largest absolute Gasteiger partial charge is 0.483 e. The van der Waals surface area contributed by atoms with Crippen molar-refractivity contribution < 1.29 is 17.9 Å². The Morgan fingerprint density at radius 1 is 1.26 bits per heavy atom. The van der Waals surface area contributed by atoms with Gasteiger partial charge in [-0.3, -0.25) is 4.79 Å². The van der Waals surface area contributed by atoms with Crippen molar-refractivity contribution in [3.8, 4) is 5.75 Å². The summed E-state index contributed by atoms with van der Waals surface area (Å²) in [6.07, 6.45) is 0.524. The van der Waals surface area contributed by atoms with Crippen LogP contribution in [-0.4, -0.2) is 43.4 Å². The van der Waals surface area contributed by atoms with Crippen LogP contribution in [0.25, 0.3) is 0 Å². The molecule has 3 rings (SSSR count). The molecule has 0 radical (unpaired) electrons. The number of sulfone groups is 1. The van der Waals surface area contributed by atoms with Gasteiger partial charge < -0.3 is 9.64 Å². The van der Waals surface area contributed by atoms with Crippen LogP contribution in [0.1, 0.15) is 12.0 Å². The normalized spacial score (nSPS) is 25.6. The first-order chi connectivity index (χ1) is 9.05. The van der Waals surface area contributed by atoms with Crippen LogP contribution in [0.2, 0.25) is 0 Å². The highest BCUT2D eigenvalue weighted by atomic mass is 32.2. The van der Waals surface area contributed by atoms with Gasteiger partial charge in [-0.25, -0.2) is 8.42 Å². The van der Waals surface area contributed by atoms with Gasteiger partial charge in [0.25, 0.3) is 5.91 Å². The lowest BCUT2D eigenvalue weighted by Gasteiger charge is -2.26. The first-order valence-corrected chi connectivity index (χ1v) is 8.08. The van der Waals surface area contributed by atoms with Crippen LogP contribution in [0.4, 0.5) is 0 Å². The summed E-state index contributed by atoms with van der Waals surface area (Å²) in [6, 6.07) is 7.27. The van der Waals surface area contributed by atoms with Crippen molar-refractivity contribution in [3.05, 3.63) is 29.8 Å². The van der Waals surface area contributed by atoms with Crippen molar-refractivity contribution in [2.24, 2.45) is 0 Å². The second-order valence-electron chi connectivity index (χ2n) is 4.97. The first kappa shape index (κ1) is 12.5. The molecular weight excluding hydrogens is 266 g/mol. The summed E-state index contributed by atoms with van der Waals surface area (Å²) in [6.45, 7) is 0.406. The van der Waals surface area contributed by atoms with Crippen LogP contribution in [-0.2, 0) is 21.2 Å². The average Bonchev–Trinajstić information content (AvgIpc) is 2.64. The molecule has 1 aromatic carbocycles. The van der Waals surface area contributed by atoms with Crippen molar-refractivity contribution in [2.45, 2.75) is 19.0 Å². The highest BCUT2D eigenvalue weighted by molar-refractivity contribution is 7.91. The summed E-state index contributed by atoms with van der Waals surface area (Å²) in [5.41, 5.74) is 0.928. The van der Waals surface area contributed by atoms with Gasteiger partial charge in [0.05, 0.1) is 11.5 Å². The minimum atomic E-state index is -2.99. The van der Waals surface area contributed by atoms with E-state index < -0.39 is 9.84 Å². The molecular formula is C13H15NO4S. The minimum absolute atomic E-state index is 0.0203. The number of hydrogen-bond acceptors (Lipinski definition) is 4. The number of ether oxygens (including phenoxy) is 1. The Hall–Kier alpha value is -1.56. The smallest absolute Gasteiger partial charge is 0.261 e. The summed E-state index contributed by atoms with van der Waals surface area (Å²) < 4.78 is 28.6. The summed E-state index contributed by atoms with van der Waals surface area (Å²) in [5, 5.41) is 0. The topological polar surface area (TPSA) is 63.7 Å². The number of para-hydroxylation sites is 1. The van der Waals surface area contributed by atoms with Gasteiger partial charge in [-0.1, -0.05) is 18.2 Å². The van der Waals surface area contributed by atoms with Crippen LogP contribution in [0.15, 0.2) is 24.3 Å². The number of nitrogens with zero attached hydrogens (tertiary/aromatic N) is 1. The second kappa shape index (κ2) is 4.52. The van der Waals surface area contributed by atoms with Crippen LogP contribution < -0.4 is 4.74 Å². The van der Waals surface area contributed by atoms with E-state index in [9.17, 15) is 13.2 Å². The van der Waals surface area contributed by atoms with Crippen LogP contribution >= 0.6 is 0 Å². The molecule has 1 saturated heterocycles. The van der Waals surface area contributed by atoms with E-state index in [1.165, 1.54) is 0 Å². The predicted octanol–water partition coefficient (Wildman–Crippen LogP) is 0.595. The quantitative estimate of drug-likeness (QED) is 0.756. The van der Waals surface area contributed by atoms with E-state index in [1.807, 2.05) is 24.3 Å². The molecule has 102 valence electrons. The molecule has 19 heavy (non-hydrogen) atoms. The zero-order valence-electron chi connectivity index (χ0n) is 10.4. The maximum absolute atomic E-state index is 12.1. The van der Waals surface area contributed by atoms with Crippen molar-refractivity contribution in [1.29, 1.82) is 0 Å². The van der Waals surface area contributed by atoms with Gasteiger partial charge in [0.2, 0.25) is 0 Å². The maximum atomic E-state index is 12.1. The lowest BCUT2D eigenvalue weighted by atomic mass is 10.1. The monoisotopic (exact) mass is 281 g/mol. The van der Waals surface area contributed by atoms with E-state index in [-0.39, 0.29) is 30.1 Å². The van der Waals surface area contributed by atoms with Crippen LogP contribution in [0.3, 0.4) is 0 Å². The number of hydrogen-bond donors (Lipinski definition) is 0. The molecule has 0 spiro atoms. The SMILES string of the molecule is O=C1COc2ccccc2CN1[C@H]1CCS(=O)(=O)C1. The fraction of sp³-hybridized carbons (Fsp3) is 0.462. The molecule has 0 bridgehead atoms. The van der Waals surface area contributed by atoms with Crippen molar-refractivity contribution in [3.63, 3.8) is 0 Å². The number of amides is 1. The van der Waals surface area contributed by atoms with Gasteiger partial charge in [0.15, 0.2) is 16.4 Å². The molecule has 0 aromatic heterocycles. The molecule has 0 unspecified atom stereocenters. The number of carbonyl (C=O) groups is 1. The zero-order valence-corrected chi connectivity index (χ0v) is 11.2. The Morgan fingerprint density at radius 3 is 2.79 bits per heavy atom. The Kier molecular flexibility index (Phi) is 2.97. The third kappa shape index (κ3) is 2.45. The van der Waals surface area contributed by atoms with Crippen molar-refractivity contribution in [1.82, 2.24) is 4.90 Å². The molecule has 2 heterocycles. The molecule has 1 aromatic rings. The number of rotatable bonds is 1. The Morgan fingerprint density at radius 2 is 2.05 bits per heavy atom. The highest BCUT2D eigenvalue weighted by Gasteiger charge is 2.36. The third-order valence-electron chi connectivity index (χ3n) is 3.63. The van der Waals surface area contributed by atoms with E-state index in [0.29, 0.717) is 18.7 Å². The van der Waals surface area contributed by atoms with Crippen molar-refractivity contribution in [2.75, 3.05) is 18.1 Å². The summed E-state index contributed by atoms with van der Waals surface area (Å²) >= 11 is 0. The average molecular weight is 281 g/mol. The van der Waals surface area contributed by atoms with E-state index >= 15 is 0 Å². The summed E-state index contributed by atoms with van der Waals surface area (Å²) in [7, 11) is -2.99. The molecule has 1 fully saturated rings. The van der Waals surface area contributed by atoms with Gasteiger partial charge in [-0.2, -0.15) is 0 Å². The Labute approximate surface area is 112 Å². The van der Waals surface area contributed by atoms with Gasteiger partial charge in [-0.15, -0.1) is 0 Å². The predicted molar refractivity (Wildman–Crippen MR) is 69.5 cm³/mol. The number of fused-ring (bicyclic) bond motifs is 1. The number of benzene rings is 1. The molecule has 5 nitrogen and oxygen atoms in total. The van der Waals surface area contributed by atoms with Crippen LogP contribution in [0.5, 0.6) is 5.75 Å². The molecule has 1 amide bonds. The van der Waals surface area contributed by atoms with E-state index in [1.54, 1.807) is 4.90 Å². The Balaban J connectivity index is 1.88. The molecule has 6 heteroatoms. The maximum Gasteiger partial charge on any atom is 0.261 e. The Bertz CT molecular complexity index is 611. The van der Waals surface area contributed by atoms with E-state index in [0.717, 1.165) is 5.56 Å². The second-order valence-corrected chi connectivity index (χ2v) is 7.20. The third-order valence-corrected chi connectivity index (χ3v) is 5.38. The van der Waals surface area contributed by atoms with Crippen LogP contribution in [0, 0.1) is 0 Å². The van der Waals surface area contributed by atoms with E-state index in [4.69, 9.17) is 4.74 Å². The number of carbonyl (C=O) groups excluding carboxylic acids is 1. The van der Waals surface area contributed by atoms with Gasteiger partial charge >= 0.3 is 0 Å². The fourth-order valence-electron chi connectivity index (χ4n) is 2.62. The lowest BCUT2D eigenvalue weighted by molar-refractivity contribution is -0.135. The fourth-order valence-corrected chi connectivity index (χ4v) is 4.35. The van der Waals surface area contributed by atoms with Gasteiger partial charge in [0.1, 0.15) is 5.75 Å². The summed E-state index contributed by atoms with van der Waals surface area (Å²) in [5.74, 6) is 0.808. The van der Waals surface area contributed by atoms with Gasteiger partial charge in [0, 0.05) is 18.2 Å². The zero-order chi connectivity index (χ0) is 13.5. The molecule has 0 saturated carbocycles. The minimum Gasteiger partial charge on any atom is -0.483 e. The molecule has 2 aliphatic heterocycles. The molecule has 0 aliphatic carbocycles. The van der Waals surface area contributed by atoms with E-state index in [2.05, 4.69) is 0 Å². The molecule has 0 N–H and O–H groups in total. The molecule has 1 atom stereocenters. The highest BCUT2D eigenvalue weighted by Crippen LogP contribution is 2.27. The standard InChI is InChI=1S/C13H15NO4S/c15-13-8-18-12-4-2-1-3-10(12)7-14(13)11-5-6-19(16,17)9-11/h1-4,11H,5-9H2/t11-/m0/s1. The summed E-state index contributed by atoms with van der Waals surface area (Å²) in [4.78, 5) is 13.7. The molecule has 2 aliphatic rings. The first-order valence-electron chi connectivity index (χ1n) is 6.26. The van der Waals surface area contributed by atoms with Gasteiger partial charge in [-0.05, 0) is 12.5 Å².